The zero-order chi connectivity index (χ0) is 34.0. The molecule has 0 radical (unpaired) electrons. The molecule has 3 heterocycles. The average Bonchev–Trinajstić information content (AvgIpc) is 3.44. The van der Waals surface area contributed by atoms with Gasteiger partial charge < -0.3 is 29.2 Å². The third-order valence-electron chi connectivity index (χ3n) is 8.67. The molecule has 0 bridgehead atoms. The summed E-state index contributed by atoms with van der Waals surface area (Å²) in [5.74, 6) is 0.274. The van der Waals surface area contributed by atoms with E-state index in [0.29, 0.717) is 36.7 Å². The minimum Gasteiger partial charge on any atom is -0.491 e. The maximum Gasteiger partial charge on any atom is 0.407 e. The molecule has 1 amide bonds. The highest BCUT2D eigenvalue weighted by Crippen LogP contribution is 2.38. The Bertz CT molecular complexity index is 1880. The third-order valence-corrected chi connectivity index (χ3v) is 12.7. The molecule has 1 spiro atoms. The second kappa shape index (κ2) is 13.9. The smallest absolute Gasteiger partial charge is 0.407 e. The third kappa shape index (κ3) is 7.49. The Balaban J connectivity index is 1.10. The number of hydrogen-bond acceptors (Lipinski definition) is 10. The Hall–Kier alpha value is -3.50. The summed E-state index contributed by atoms with van der Waals surface area (Å²) in [6.07, 6.45) is 0.152. The zero-order valence-corrected chi connectivity index (χ0v) is 28.3. The van der Waals surface area contributed by atoms with Crippen LogP contribution in [-0.4, -0.2) is 92.8 Å². The summed E-state index contributed by atoms with van der Waals surface area (Å²) < 4.78 is 72.2. The van der Waals surface area contributed by atoms with E-state index in [4.69, 9.17) is 14.2 Å². The van der Waals surface area contributed by atoms with Gasteiger partial charge in [0.15, 0.2) is 9.84 Å². The van der Waals surface area contributed by atoms with Gasteiger partial charge in [0.1, 0.15) is 29.5 Å². The first-order valence-corrected chi connectivity index (χ1v) is 18.6. The number of amides is 1. The van der Waals surface area contributed by atoms with Crippen molar-refractivity contribution < 1.29 is 40.9 Å². The Morgan fingerprint density at radius 3 is 2.53 bits per heavy atom. The highest BCUT2D eigenvalue weighted by molar-refractivity contribution is 7.92. The molecule has 1 aromatic heterocycles. The van der Waals surface area contributed by atoms with Crippen LogP contribution < -0.4 is 15.5 Å². The maximum absolute atomic E-state index is 13.6. The first kappa shape index (κ1) is 34.8. The van der Waals surface area contributed by atoms with E-state index in [0.717, 1.165) is 0 Å². The van der Waals surface area contributed by atoms with Crippen molar-refractivity contribution >= 4 is 36.9 Å². The van der Waals surface area contributed by atoms with Crippen LogP contribution in [0.4, 0.5) is 4.79 Å². The van der Waals surface area contributed by atoms with Crippen LogP contribution in [0, 0.1) is 0 Å². The number of aryl methyl sites for hydroxylation is 1. The number of aliphatic hydroxyl groups is 1. The van der Waals surface area contributed by atoms with E-state index in [1.165, 1.54) is 22.6 Å². The number of alkyl carbamates (subject to hydrolysis) is 1. The van der Waals surface area contributed by atoms with E-state index >= 15 is 0 Å². The Morgan fingerprint density at radius 2 is 1.83 bits per heavy atom. The predicted molar refractivity (Wildman–Crippen MR) is 174 cm³/mol. The molecule has 2 atom stereocenters. The second-order valence-electron chi connectivity index (χ2n) is 12.2. The van der Waals surface area contributed by atoms with Crippen LogP contribution in [-0.2, 0) is 35.9 Å². The summed E-state index contributed by atoms with van der Waals surface area (Å²) in [6.45, 7) is 5.66. The summed E-state index contributed by atoms with van der Waals surface area (Å²) in [7, 11) is -7.54. The number of nitrogens with zero attached hydrogens (tertiary/aromatic N) is 2. The fourth-order valence-electron chi connectivity index (χ4n) is 5.92. The van der Waals surface area contributed by atoms with Crippen molar-refractivity contribution in [2.75, 3.05) is 32.8 Å². The monoisotopic (exact) mass is 691 g/mol. The SMILES string of the molecule is CCn1cc(S(=O)(=O)N2CCC3(CC2)C[C@@H](OC(=O)NCC(O)COc2cccc(S(=O)(=O)C(C)C)c2)CO3)c(=O)c2ccccc21. The minimum absolute atomic E-state index is 0.122. The second-order valence-corrected chi connectivity index (χ2v) is 16.6. The number of sulfonamides is 1. The van der Waals surface area contributed by atoms with Crippen LogP contribution in [0.1, 0.15) is 40.0 Å². The van der Waals surface area contributed by atoms with Crippen molar-refractivity contribution in [1.29, 1.82) is 0 Å². The molecule has 1 unspecified atom stereocenters. The van der Waals surface area contributed by atoms with Crippen LogP contribution >= 0.6 is 0 Å². The van der Waals surface area contributed by atoms with Gasteiger partial charge >= 0.3 is 6.09 Å². The first-order chi connectivity index (χ1) is 22.3. The van der Waals surface area contributed by atoms with Crippen LogP contribution in [0.3, 0.4) is 0 Å². The maximum atomic E-state index is 13.6. The van der Waals surface area contributed by atoms with Crippen LogP contribution in [0.2, 0.25) is 0 Å². The molecule has 2 aromatic carbocycles. The number of hydrogen-bond donors (Lipinski definition) is 2. The molecule has 47 heavy (non-hydrogen) atoms. The first-order valence-electron chi connectivity index (χ1n) is 15.6. The van der Waals surface area contributed by atoms with E-state index < -0.39 is 54.4 Å². The lowest BCUT2D eigenvalue weighted by Gasteiger charge is -2.37. The van der Waals surface area contributed by atoms with Crippen molar-refractivity contribution in [3.8, 4) is 5.75 Å². The van der Waals surface area contributed by atoms with Gasteiger partial charge in [-0.15, -0.1) is 0 Å². The normalized spacial score (nSPS) is 19.2. The van der Waals surface area contributed by atoms with Crippen LogP contribution in [0.15, 0.2) is 69.3 Å². The lowest BCUT2D eigenvalue weighted by atomic mass is 9.89. The molecule has 256 valence electrons. The van der Waals surface area contributed by atoms with Gasteiger partial charge in [0.25, 0.3) is 0 Å². The van der Waals surface area contributed by atoms with Crippen molar-refractivity contribution in [3.63, 3.8) is 0 Å². The molecular formula is C32H41N3O10S2. The fraction of sp³-hybridized carbons (Fsp3) is 0.500. The zero-order valence-electron chi connectivity index (χ0n) is 26.6. The standard InChI is InChI=1S/C32H41N3O10S2/c1-4-34-19-29(30(37)27-10-5-6-11-28(27)34)47(41,42)35-14-12-32(13-15-35)17-25(21-44-32)45-31(38)33-18-23(36)20-43-24-8-7-9-26(16-24)46(39,40)22(2)3/h5-11,16,19,22-23,25,36H,4,12-15,17-18,20-21H2,1-3H3,(H,33,38)/t23?,25-/m1/s1. The van der Waals surface area contributed by atoms with Gasteiger partial charge in [-0.25, -0.2) is 21.6 Å². The van der Waals surface area contributed by atoms with E-state index in [2.05, 4.69) is 5.32 Å². The van der Waals surface area contributed by atoms with Gasteiger partial charge in [0.2, 0.25) is 15.5 Å². The molecule has 0 aliphatic carbocycles. The van der Waals surface area contributed by atoms with E-state index in [1.807, 2.05) is 6.92 Å². The molecule has 15 heteroatoms. The van der Waals surface area contributed by atoms with Crippen molar-refractivity contribution in [3.05, 3.63) is 65.0 Å². The molecule has 5 rings (SSSR count). The molecule has 3 aromatic rings. The number of nitrogens with one attached hydrogen (secondary N) is 1. The Kier molecular flexibility index (Phi) is 10.3. The van der Waals surface area contributed by atoms with Crippen molar-refractivity contribution in [2.45, 2.75) is 79.4 Å². The fourth-order valence-corrected chi connectivity index (χ4v) is 8.56. The molecule has 0 saturated carbocycles. The lowest BCUT2D eigenvalue weighted by Crippen LogP contribution is -2.47. The van der Waals surface area contributed by atoms with Gasteiger partial charge in [0.05, 0.1) is 34.4 Å². The number of pyridine rings is 1. The summed E-state index contributed by atoms with van der Waals surface area (Å²) in [4.78, 5) is 25.5. The Labute approximate surface area is 274 Å². The van der Waals surface area contributed by atoms with Gasteiger partial charge in [0, 0.05) is 37.6 Å². The van der Waals surface area contributed by atoms with Crippen molar-refractivity contribution in [2.24, 2.45) is 0 Å². The highest BCUT2D eigenvalue weighted by Gasteiger charge is 2.46. The lowest BCUT2D eigenvalue weighted by molar-refractivity contribution is -0.0325. The van der Waals surface area contributed by atoms with Gasteiger partial charge in [-0.3, -0.25) is 4.79 Å². The molecule has 2 fully saturated rings. The minimum atomic E-state index is -4.06. The largest absolute Gasteiger partial charge is 0.491 e. The number of sulfone groups is 1. The predicted octanol–water partition coefficient (Wildman–Crippen LogP) is 2.68. The molecule has 13 nitrogen and oxygen atoms in total. The van der Waals surface area contributed by atoms with E-state index in [-0.39, 0.29) is 48.4 Å². The van der Waals surface area contributed by atoms with E-state index in [9.17, 15) is 31.5 Å². The van der Waals surface area contributed by atoms with Gasteiger partial charge in [-0.2, -0.15) is 4.31 Å². The number of piperidine rings is 1. The number of para-hydroxylation sites is 1. The number of benzene rings is 2. The van der Waals surface area contributed by atoms with Gasteiger partial charge in [-0.1, -0.05) is 18.2 Å². The quantitative estimate of drug-likeness (QED) is 0.305. The summed E-state index contributed by atoms with van der Waals surface area (Å²) in [5, 5.41) is 12.6. The number of carbonyl (C=O) groups excluding carboxylic acids is 1. The molecule has 2 saturated heterocycles. The summed E-state index contributed by atoms with van der Waals surface area (Å²) >= 11 is 0. The average molecular weight is 692 g/mol. The number of carbonyl (C=O) groups is 1. The van der Waals surface area contributed by atoms with Crippen molar-refractivity contribution in [1.82, 2.24) is 14.2 Å². The number of ether oxygens (including phenoxy) is 3. The number of rotatable bonds is 11. The number of aliphatic hydroxyl groups excluding tert-OH is 1. The van der Waals surface area contributed by atoms with Crippen LogP contribution in [0.25, 0.3) is 10.9 Å². The molecule has 2 N–H and O–H groups in total. The van der Waals surface area contributed by atoms with Crippen LogP contribution in [0.5, 0.6) is 5.75 Å². The summed E-state index contributed by atoms with van der Waals surface area (Å²) in [6, 6.07) is 13.0. The molecule has 2 aliphatic rings. The molecular weight excluding hydrogens is 650 g/mol. The highest BCUT2D eigenvalue weighted by atomic mass is 32.2. The molecule has 2 aliphatic heterocycles. The van der Waals surface area contributed by atoms with E-state index in [1.54, 1.807) is 54.8 Å². The summed E-state index contributed by atoms with van der Waals surface area (Å²) in [5.41, 5.74) is -0.504. The Morgan fingerprint density at radius 1 is 1.11 bits per heavy atom. The van der Waals surface area contributed by atoms with Gasteiger partial charge in [-0.05, 0) is 63.9 Å². The topological polar surface area (TPSA) is 171 Å². The number of fused-ring (bicyclic) bond motifs is 1. The number of aromatic nitrogens is 1.